The summed E-state index contributed by atoms with van der Waals surface area (Å²) < 4.78 is 0. The van der Waals surface area contributed by atoms with Crippen LogP contribution in [0.3, 0.4) is 0 Å². The topological polar surface area (TPSA) is 20.2 Å². The average molecular weight is 226 g/mol. The Kier molecular flexibility index (Phi) is 7.92. The van der Waals surface area contributed by atoms with Crippen molar-refractivity contribution >= 4 is 0 Å². The third-order valence-corrected chi connectivity index (χ3v) is 4.12. The minimum absolute atomic E-state index is 0.419. The van der Waals surface area contributed by atoms with Gasteiger partial charge in [0.1, 0.15) is 0 Å². The Balaban J connectivity index is 2.09. The lowest BCUT2D eigenvalue weighted by Crippen LogP contribution is -2.15. The van der Waals surface area contributed by atoms with Gasteiger partial charge in [0, 0.05) is 6.61 Å². The van der Waals surface area contributed by atoms with E-state index in [4.69, 9.17) is 0 Å². The fraction of sp³-hybridized carbons (Fsp3) is 1.00. The van der Waals surface area contributed by atoms with Crippen molar-refractivity contribution in [2.45, 2.75) is 77.6 Å². The molecule has 1 N–H and O–H groups in total. The first kappa shape index (κ1) is 14.0. The maximum Gasteiger partial charge on any atom is 0.0459 e. The van der Waals surface area contributed by atoms with Crippen molar-refractivity contribution in [1.29, 1.82) is 0 Å². The number of aliphatic hydroxyl groups is 1. The molecule has 1 rings (SSSR count). The Hall–Kier alpha value is -0.0400. The summed E-state index contributed by atoms with van der Waals surface area (Å²) in [4.78, 5) is 0. The molecule has 1 atom stereocenters. The van der Waals surface area contributed by atoms with Crippen molar-refractivity contribution in [2.24, 2.45) is 11.8 Å². The van der Waals surface area contributed by atoms with E-state index in [0.717, 1.165) is 5.92 Å². The summed E-state index contributed by atoms with van der Waals surface area (Å²) in [5.74, 6) is 1.53. The fourth-order valence-electron chi connectivity index (χ4n) is 3.04. The second-order valence-electron chi connectivity index (χ2n) is 5.64. The van der Waals surface area contributed by atoms with Crippen molar-refractivity contribution in [3.05, 3.63) is 0 Å². The van der Waals surface area contributed by atoms with Crippen LogP contribution < -0.4 is 0 Å². The van der Waals surface area contributed by atoms with Gasteiger partial charge in [0.2, 0.25) is 0 Å². The van der Waals surface area contributed by atoms with Crippen LogP contribution in [0.2, 0.25) is 0 Å². The van der Waals surface area contributed by atoms with Crippen LogP contribution in [0.15, 0.2) is 0 Å². The van der Waals surface area contributed by atoms with Crippen LogP contribution in [0.25, 0.3) is 0 Å². The third-order valence-electron chi connectivity index (χ3n) is 4.12. The molecule has 96 valence electrons. The van der Waals surface area contributed by atoms with Crippen molar-refractivity contribution in [3.8, 4) is 0 Å². The standard InChI is InChI=1S/C15H30O/c1-2-3-4-6-11-15(13-16)12-14-9-7-5-8-10-14/h14-16H,2-13H2,1H3. The largest absolute Gasteiger partial charge is 0.396 e. The third kappa shape index (κ3) is 5.89. The summed E-state index contributed by atoms with van der Waals surface area (Å²) in [6.45, 7) is 2.67. The first-order valence-electron chi connectivity index (χ1n) is 7.47. The number of unbranched alkanes of at least 4 members (excludes halogenated alkanes) is 3. The van der Waals surface area contributed by atoms with E-state index in [1.165, 1.54) is 70.6 Å². The van der Waals surface area contributed by atoms with Gasteiger partial charge in [0.15, 0.2) is 0 Å². The minimum atomic E-state index is 0.419. The lowest BCUT2D eigenvalue weighted by molar-refractivity contribution is 0.175. The van der Waals surface area contributed by atoms with Crippen molar-refractivity contribution in [3.63, 3.8) is 0 Å². The van der Waals surface area contributed by atoms with E-state index in [9.17, 15) is 5.11 Å². The zero-order valence-corrected chi connectivity index (χ0v) is 11.1. The van der Waals surface area contributed by atoms with E-state index in [1.807, 2.05) is 0 Å². The van der Waals surface area contributed by atoms with Crippen LogP contribution in [0.4, 0.5) is 0 Å². The minimum Gasteiger partial charge on any atom is -0.396 e. The molecular formula is C15H30O. The first-order chi connectivity index (χ1) is 7.86. The molecule has 0 saturated heterocycles. The van der Waals surface area contributed by atoms with Gasteiger partial charge in [0.05, 0.1) is 0 Å². The van der Waals surface area contributed by atoms with Crippen LogP contribution >= 0.6 is 0 Å². The molecule has 1 unspecified atom stereocenters. The monoisotopic (exact) mass is 226 g/mol. The Morgan fingerprint density at radius 3 is 2.44 bits per heavy atom. The molecule has 1 nitrogen and oxygen atoms in total. The number of aliphatic hydroxyl groups excluding tert-OH is 1. The van der Waals surface area contributed by atoms with Crippen LogP contribution in [0, 0.1) is 11.8 Å². The van der Waals surface area contributed by atoms with Crippen LogP contribution in [0.1, 0.15) is 77.6 Å². The molecule has 1 aliphatic rings. The highest BCUT2D eigenvalue weighted by atomic mass is 16.3. The van der Waals surface area contributed by atoms with Crippen molar-refractivity contribution < 1.29 is 5.11 Å². The molecule has 0 bridgehead atoms. The zero-order valence-electron chi connectivity index (χ0n) is 11.1. The molecular weight excluding hydrogens is 196 g/mol. The maximum absolute atomic E-state index is 9.41. The summed E-state index contributed by atoms with van der Waals surface area (Å²) in [5.41, 5.74) is 0. The smallest absolute Gasteiger partial charge is 0.0459 e. The average Bonchev–Trinajstić information content (AvgIpc) is 2.34. The van der Waals surface area contributed by atoms with E-state index in [1.54, 1.807) is 0 Å². The SMILES string of the molecule is CCCCCCC(CO)CC1CCCCC1. The molecule has 1 heteroatoms. The van der Waals surface area contributed by atoms with Crippen LogP contribution in [-0.2, 0) is 0 Å². The van der Waals surface area contributed by atoms with Gasteiger partial charge < -0.3 is 5.11 Å². The van der Waals surface area contributed by atoms with Gasteiger partial charge in [-0.3, -0.25) is 0 Å². The second-order valence-corrected chi connectivity index (χ2v) is 5.64. The van der Waals surface area contributed by atoms with E-state index in [2.05, 4.69) is 6.92 Å². The van der Waals surface area contributed by atoms with E-state index in [0.29, 0.717) is 12.5 Å². The summed E-state index contributed by atoms with van der Waals surface area (Å²) >= 11 is 0. The summed E-state index contributed by atoms with van der Waals surface area (Å²) in [6.07, 6.45) is 15.1. The second kappa shape index (κ2) is 9.04. The molecule has 0 heterocycles. The highest BCUT2D eigenvalue weighted by molar-refractivity contribution is 4.70. The molecule has 0 amide bonds. The Morgan fingerprint density at radius 1 is 1.06 bits per heavy atom. The van der Waals surface area contributed by atoms with Gasteiger partial charge in [0.25, 0.3) is 0 Å². The van der Waals surface area contributed by atoms with Crippen LogP contribution in [0.5, 0.6) is 0 Å². The molecule has 1 fully saturated rings. The highest BCUT2D eigenvalue weighted by Crippen LogP contribution is 2.30. The Morgan fingerprint density at radius 2 is 1.81 bits per heavy atom. The molecule has 1 saturated carbocycles. The molecule has 16 heavy (non-hydrogen) atoms. The molecule has 0 aliphatic heterocycles. The first-order valence-corrected chi connectivity index (χ1v) is 7.47. The highest BCUT2D eigenvalue weighted by Gasteiger charge is 2.18. The van der Waals surface area contributed by atoms with Gasteiger partial charge in [-0.25, -0.2) is 0 Å². The predicted molar refractivity (Wildman–Crippen MR) is 70.5 cm³/mol. The molecule has 0 spiro atoms. The quantitative estimate of drug-likeness (QED) is 0.603. The van der Waals surface area contributed by atoms with Gasteiger partial charge in [-0.05, 0) is 24.7 Å². The van der Waals surface area contributed by atoms with Crippen molar-refractivity contribution in [1.82, 2.24) is 0 Å². The Bertz CT molecular complexity index is 150. The molecule has 0 aromatic rings. The molecule has 0 aromatic heterocycles. The van der Waals surface area contributed by atoms with Crippen molar-refractivity contribution in [2.75, 3.05) is 6.61 Å². The van der Waals surface area contributed by atoms with Gasteiger partial charge in [-0.2, -0.15) is 0 Å². The van der Waals surface area contributed by atoms with Gasteiger partial charge >= 0.3 is 0 Å². The predicted octanol–water partition coefficient (Wildman–Crippen LogP) is 4.54. The zero-order chi connectivity index (χ0) is 11.6. The maximum atomic E-state index is 9.41. The molecule has 0 radical (unpaired) electrons. The normalized spacial score (nSPS) is 19.9. The molecule has 0 aromatic carbocycles. The lowest BCUT2D eigenvalue weighted by atomic mass is 9.81. The fourth-order valence-corrected chi connectivity index (χ4v) is 3.04. The molecule has 1 aliphatic carbocycles. The number of rotatable bonds is 8. The van der Waals surface area contributed by atoms with Gasteiger partial charge in [-0.15, -0.1) is 0 Å². The summed E-state index contributed by atoms with van der Waals surface area (Å²) in [7, 11) is 0. The van der Waals surface area contributed by atoms with Crippen LogP contribution in [-0.4, -0.2) is 11.7 Å². The lowest BCUT2D eigenvalue weighted by Gasteiger charge is -2.25. The van der Waals surface area contributed by atoms with Gasteiger partial charge in [-0.1, -0.05) is 64.7 Å². The van der Waals surface area contributed by atoms with E-state index in [-0.39, 0.29) is 0 Å². The van der Waals surface area contributed by atoms with E-state index >= 15 is 0 Å². The number of hydrogen-bond acceptors (Lipinski definition) is 1. The van der Waals surface area contributed by atoms with E-state index < -0.39 is 0 Å². The summed E-state index contributed by atoms with van der Waals surface area (Å²) in [5, 5.41) is 9.41. The number of hydrogen-bond donors (Lipinski definition) is 1. The Labute approximate surface area is 102 Å². The summed E-state index contributed by atoms with van der Waals surface area (Å²) in [6, 6.07) is 0.